The van der Waals surface area contributed by atoms with E-state index >= 15 is 0 Å². The molecule has 0 N–H and O–H groups in total. The third-order valence-corrected chi connectivity index (χ3v) is 6.57. The van der Waals surface area contributed by atoms with Crippen LogP contribution in [0.3, 0.4) is 0 Å². The number of urea groups is 2. The molecule has 230 valence electrons. The Balaban J connectivity index is 1.81. The molecule has 0 spiro atoms. The average molecular weight is 599 g/mol. The number of anilines is 4. The van der Waals surface area contributed by atoms with Gasteiger partial charge in [-0.25, -0.2) is 19.2 Å². The Morgan fingerprint density at radius 2 is 0.909 bits per heavy atom. The summed E-state index contributed by atoms with van der Waals surface area (Å²) in [4.78, 5) is 57.2. The normalized spacial score (nSPS) is 10.3. The van der Waals surface area contributed by atoms with E-state index in [2.05, 4.69) is 13.2 Å². The van der Waals surface area contributed by atoms with E-state index in [-0.39, 0.29) is 49.5 Å². The van der Waals surface area contributed by atoms with Gasteiger partial charge < -0.3 is 9.47 Å². The number of carbonyl (C=O) groups excluding carboxylic acids is 4. The molecule has 0 atom stereocenters. The zero-order valence-corrected chi connectivity index (χ0v) is 25.6. The first-order chi connectivity index (χ1) is 21.0. The van der Waals surface area contributed by atoms with Crippen LogP contribution in [0.25, 0.3) is 0 Å². The minimum Gasteiger partial charge on any atom is -0.460 e. The number of hydrogen-bond acceptors (Lipinski definition) is 6. The molecular formula is C34H38N4O6. The van der Waals surface area contributed by atoms with Gasteiger partial charge in [0.05, 0.1) is 13.1 Å². The summed E-state index contributed by atoms with van der Waals surface area (Å²) in [5, 5.41) is 0. The molecule has 0 bridgehead atoms. The van der Waals surface area contributed by atoms with Crippen LogP contribution in [0.5, 0.6) is 0 Å². The summed E-state index contributed by atoms with van der Waals surface area (Å²) < 4.78 is 10.5. The van der Waals surface area contributed by atoms with Gasteiger partial charge in [0, 0.05) is 48.0 Å². The number of benzene rings is 3. The first kappa shape index (κ1) is 33.1. The van der Waals surface area contributed by atoms with Gasteiger partial charge in [-0.3, -0.25) is 19.6 Å². The maximum Gasteiger partial charge on any atom is 0.333 e. The fourth-order valence-electron chi connectivity index (χ4n) is 4.09. The summed E-state index contributed by atoms with van der Waals surface area (Å²) in [5.41, 5.74) is 2.88. The molecular weight excluding hydrogens is 560 g/mol. The molecule has 3 aromatic carbocycles. The predicted molar refractivity (Wildman–Crippen MR) is 173 cm³/mol. The number of amides is 4. The lowest BCUT2D eigenvalue weighted by molar-refractivity contribution is -0.139. The van der Waals surface area contributed by atoms with Crippen LogP contribution >= 0.6 is 0 Å². The van der Waals surface area contributed by atoms with Crippen molar-refractivity contribution < 1.29 is 28.7 Å². The summed E-state index contributed by atoms with van der Waals surface area (Å²) in [5.74, 6) is -1.06. The van der Waals surface area contributed by atoms with Crippen molar-refractivity contribution in [1.82, 2.24) is 0 Å². The molecule has 0 aliphatic heterocycles. The van der Waals surface area contributed by atoms with Crippen molar-refractivity contribution >= 4 is 46.8 Å². The van der Waals surface area contributed by atoms with Crippen LogP contribution in [-0.4, -0.2) is 64.4 Å². The number of rotatable bonds is 12. The highest BCUT2D eigenvalue weighted by atomic mass is 16.5. The van der Waals surface area contributed by atoms with Crippen molar-refractivity contribution in [3.05, 3.63) is 109 Å². The molecule has 0 radical (unpaired) electrons. The Hall–Kier alpha value is -5.38. The quantitative estimate of drug-likeness (QED) is 0.186. The largest absolute Gasteiger partial charge is 0.460 e. The lowest BCUT2D eigenvalue weighted by Crippen LogP contribution is -2.44. The van der Waals surface area contributed by atoms with Crippen LogP contribution in [0.2, 0.25) is 0 Å². The summed E-state index contributed by atoms with van der Waals surface area (Å²) in [6.45, 7) is 10.5. The van der Waals surface area contributed by atoms with E-state index in [0.29, 0.717) is 22.7 Å². The number of nitrogens with zero attached hydrogens (tertiary/aromatic N) is 4. The Kier molecular flexibility index (Phi) is 11.8. The Morgan fingerprint density at radius 3 is 1.25 bits per heavy atom. The summed E-state index contributed by atoms with van der Waals surface area (Å²) in [7, 11) is 3.26. The SMILES string of the molecule is C=C(C)C(=O)OCCN(C(=O)N(C)c1cccc(N(C)C(=O)N(CCOC(=O)C(=C)C)c2ccccc2)c1)c1ccccc1. The summed E-state index contributed by atoms with van der Waals surface area (Å²) >= 11 is 0. The van der Waals surface area contributed by atoms with Crippen LogP contribution in [0.4, 0.5) is 32.3 Å². The minimum absolute atomic E-state index is 0.0194. The summed E-state index contributed by atoms with van der Waals surface area (Å²) in [6, 6.07) is 24.4. The van der Waals surface area contributed by atoms with Gasteiger partial charge in [0.25, 0.3) is 0 Å². The monoisotopic (exact) mass is 598 g/mol. The van der Waals surface area contributed by atoms with Gasteiger partial charge in [-0.15, -0.1) is 0 Å². The number of para-hydroxylation sites is 2. The average Bonchev–Trinajstić information content (AvgIpc) is 3.04. The number of ether oxygens (including phenoxy) is 2. The fourth-order valence-corrected chi connectivity index (χ4v) is 4.09. The van der Waals surface area contributed by atoms with Crippen molar-refractivity contribution in [2.24, 2.45) is 0 Å². The zero-order valence-electron chi connectivity index (χ0n) is 25.6. The van der Waals surface area contributed by atoms with E-state index in [1.54, 1.807) is 76.5 Å². The molecule has 0 aliphatic carbocycles. The van der Waals surface area contributed by atoms with Crippen molar-refractivity contribution in [1.29, 1.82) is 0 Å². The molecule has 0 aromatic heterocycles. The standard InChI is InChI=1S/C34H38N4O6/c1-25(2)31(39)43-22-20-37(27-14-9-7-10-15-27)33(41)35(5)29-18-13-19-30(24-29)36(6)34(42)38(28-16-11-8-12-17-28)21-23-44-32(40)26(3)4/h7-19,24H,1,3,20-23H2,2,4-6H3. The molecule has 0 saturated carbocycles. The third-order valence-electron chi connectivity index (χ3n) is 6.57. The second-order valence-corrected chi connectivity index (χ2v) is 10.0. The Morgan fingerprint density at radius 1 is 0.568 bits per heavy atom. The molecule has 0 fully saturated rings. The summed E-state index contributed by atoms with van der Waals surface area (Å²) in [6.07, 6.45) is 0. The highest BCUT2D eigenvalue weighted by Crippen LogP contribution is 2.26. The van der Waals surface area contributed by atoms with Crippen LogP contribution in [0, 0.1) is 0 Å². The molecule has 10 nitrogen and oxygen atoms in total. The lowest BCUT2D eigenvalue weighted by Gasteiger charge is -2.30. The number of carbonyl (C=O) groups is 4. The van der Waals surface area contributed by atoms with Crippen LogP contribution in [0.15, 0.2) is 109 Å². The molecule has 4 amide bonds. The zero-order chi connectivity index (χ0) is 32.2. The van der Waals surface area contributed by atoms with Crippen molar-refractivity contribution in [2.75, 3.05) is 60.0 Å². The smallest absolute Gasteiger partial charge is 0.333 e. The van der Waals surface area contributed by atoms with Gasteiger partial charge in [0.1, 0.15) is 13.2 Å². The third kappa shape index (κ3) is 8.81. The van der Waals surface area contributed by atoms with E-state index < -0.39 is 11.9 Å². The second kappa shape index (κ2) is 15.7. The van der Waals surface area contributed by atoms with Crippen LogP contribution in [-0.2, 0) is 19.1 Å². The first-order valence-electron chi connectivity index (χ1n) is 14.0. The lowest BCUT2D eigenvalue weighted by atomic mass is 10.2. The van der Waals surface area contributed by atoms with Gasteiger partial charge in [-0.1, -0.05) is 55.6 Å². The maximum absolute atomic E-state index is 13.7. The van der Waals surface area contributed by atoms with E-state index in [1.807, 2.05) is 36.4 Å². The van der Waals surface area contributed by atoms with Gasteiger partial charge in [-0.05, 0) is 56.3 Å². The molecule has 0 heterocycles. The molecule has 3 rings (SSSR count). The van der Waals surface area contributed by atoms with E-state index in [4.69, 9.17) is 9.47 Å². The molecule has 3 aromatic rings. The predicted octanol–water partition coefficient (Wildman–Crippen LogP) is 6.05. The number of hydrogen-bond donors (Lipinski definition) is 0. The Bertz CT molecular complexity index is 1380. The first-order valence-corrected chi connectivity index (χ1v) is 14.0. The molecule has 0 saturated heterocycles. The van der Waals surface area contributed by atoms with Crippen LogP contribution in [0.1, 0.15) is 13.8 Å². The van der Waals surface area contributed by atoms with E-state index in [9.17, 15) is 19.2 Å². The molecule has 0 aliphatic rings. The molecule has 0 unspecified atom stereocenters. The fraction of sp³-hybridized carbons (Fsp3) is 0.235. The minimum atomic E-state index is -0.530. The van der Waals surface area contributed by atoms with Gasteiger partial charge in [0.15, 0.2) is 0 Å². The van der Waals surface area contributed by atoms with E-state index in [1.165, 1.54) is 19.6 Å². The highest BCUT2D eigenvalue weighted by molar-refractivity contribution is 6.05. The molecule has 10 heteroatoms. The van der Waals surface area contributed by atoms with Crippen molar-refractivity contribution in [3.8, 4) is 0 Å². The van der Waals surface area contributed by atoms with Gasteiger partial charge >= 0.3 is 24.0 Å². The van der Waals surface area contributed by atoms with Gasteiger partial charge in [0.2, 0.25) is 0 Å². The van der Waals surface area contributed by atoms with Gasteiger partial charge in [-0.2, -0.15) is 0 Å². The maximum atomic E-state index is 13.7. The molecule has 44 heavy (non-hydrogen) atoms. The Labute approximate surface area is 258 Å². The highest BCUT2D eigenvalue weighted by Gasteiger charge is 2.24. The second-order valence-electron chi connectivity index (χ2n) is 10.0. The van der Waals surface area contributed by atoms with E-state index in [0.717, 1.165) is 0 Å². The topological polar surface area (TPSA) is 99.7 Å². The number of esters is 2. The van der Waals surface area contributed by atoms with Crippen molar-refractivity contribution in [3.63, 3.8) is 0 Å². The van der Waals surface area contributed by atoms with Crippen molar-refractivity contribution in [2.45, 2.75) is 13.8 Å². The van der Waals surface area contributed by atoms with Crippen LogP contribution < -0.4 is 19.6 Å².